The van der Waals surface area contributed by atoms with Crippen molar-refractivity contribution in [3.63, 3.8) is 0 Å². The van der Waals surface area contributed by atoms with Gasteiger partial charge in [-0.2, -0.15) is 8.42 Å². The number of hydrogen-bond donors (Lipinski definition) is 7. The van der Waals surface area contributed by atoms with Gasteiger partial charge in [-0.05, 0) is 38.1 Å². The van der Waals surface area contributed by atoms with E-state index in [1.807, 2.05) is 11.0 Å². The molecule has 27 heteroatoms. The lowest BCUT2D eigenvalue weighted by Gasteiger charge is -2.25. The fraction of sp³-hybridized carbons (Fsp3) is 0.512. The third kappa shape index (κ3) is 15.7. The molecule has 0 fully saturated rings. The minimum absolute atomic E-state index is 0.0575. The number of sulfonamides is 2. The van der Waals surface area contributed by atoms with E-state index < -0.39 is 79.0 Å². The largest absolute Gasteiger partial charge is 0.511 e. The molecule has 7 N–H and O–H groups in total. The van der Waals surface area contributed by atoms with Gasteiger partial charge in [0, 0.05) is 85.4 Å². The maximum absolute atomic E-state index is 14.7. The molecule has 2 atom stereocenters. The summed E-state index contributed by atoms with van der Waals surface area (Å²) >= 11 is 0. The van der Waals surface area contributed by atoms with Crippen molar-refractivity contribution < 1.29 is 87.7 Å². The fourth-order valence-corrected chi connectivity index (χ4v) is 10.6. The van der Waals surface area contributed by atoms with Crippen molar-refractivity contribution in [3.05, 3.63) is 48.7 Å². The standard InChI is InChI=1S/C43H61N5O19S3/c1-28(49)33(24-39(50)51)44-12-6-14-47(4)68(56,57)37-27-38(69(58,59)48(5)15-7-13-45-34(43(54)55)25-40(52)53)32-11-9-30-36(26-35(46(2)3)29-8-10-31(37)42(32)41(29)30)66-22-20-64-18-16-63-17-19-65-21-23-67-70(60,61)62/h8-11,26-27,33-34,44-45,49H,1,6-7,12-25H2,2-5H3,(H,50,51)(H,52,53)(H,54,55)(H,60,61,62). The second-order valence-electron chi connectivity index (χ2n) is 16.1. The van der Waals surface area contributed by atoms with E-state index >= 15 is 0 Å². The number of carboxylic acids is 3. The molecule has 0 aromatic heterocycles. The summed E-state index contributed by atoms with van der Waals surface area (Å²) in [7, 11) is -7.34. The van der Waals surface area contributed by atoms with Crippen molar-refractivity contribution in [1.29, 1.82) is 0 Å². The molecule has 4 aromatic carbocycles. The first-order chi connectivity index (χ1) is 32.9. The number of aliphatic carboxylic acids is 3. The van der Waals surface area contributed by atoms with Gasteiger partial charge in [0.1, 0.15) is 24.2 Å². The van der Waals surface area contributed by atoms with Gasteiger partial charge < -0.3 is 54.9 Å². The summed E-state index contributed by atoms with van der Waals surface area (Å²) in [5.74, 6) is -3.92. The van der Waals surface area contributed by atoms with Crippen LogP contribution in [0, 0.1) is 0 Å². The molecule has 2 unspecified atom stereocenters. The average Bonchev–Trinajstić information content (AvgIpc) is 3.27. The molecule has 4 rings (SSSR count). The van der Waals surface area contributed by atoms with Crippen molar-refractivity contribution >= 4 is 86.4 Å². The maximum atomic E-state index is 14.7. The Balaban J connectivity index is 1.68. The monoisotopic (exact) mass is 1050 g/mol. The highest BCUT2D eigenvalue weighted by molar-refractivity contribution is 7.90. The Hall–Kier alpha value is -5.04. The number of nitrogens with one attached hydrogen (secondary N) is 2. The Morgan fingerprint density at radius 1 is 0.614 bits per heavy atom. The SMILES string of the molecule is C=C(O)C(CC(=O)O)NCCCN(C)S(=O)(=O)c1cc(S(=O)(=O)N(C)CCCNC(CC(=O)O)C(=O)O)c2ccc3c(OCCOCCOCCOCCOS(=O)(=O)O)cc(N(C)C)c4ccc1c2c34. The van der Waals surface area contributed by atoms with Crippen LogP contribution in [0.25, 0.3) is 32.3 Å². The van der Waals surface area contributed by atoms with Gasteiger partial charge in [-0.15, -0.1) is 0 Å². The second kappa shape index (κ2) is 25.9. The van der Waals surface area contributed by atoms with Crippen molar-refractivity contribution in [2.24, 2.45) is 0 Å². The van der Waals surface area contributed by atoms with E-state index in [1.165, 1.54) is 14.1 Å². The van der Waals surface area contributed by atoms with Crippen LogP contribution in [0.15, 0.2) is 58.5 Å². The average molecular weight is 1050 g/mol. The number of rotatable bonds is 35. The minimum atomic E-state index is -4.55. The normalized spacial score (nSPS) is 13.4. The lowest BCUT2D eigenvalue weighted by atomic mass is 9.92. The summed E-state index contributed by atoms with van der Waals surface area (Å²) in [6.07, 6.45) is -0.950. The fourth-order valence-electron chi connectivity index (χ4n) is 7.38. The highest BCUT2D eigenvalue weighted by Gasteiger charge is 2.32. The predicted molar refractivity (Wildman–Crippen MR) is 256 cm³/mol. The van der Waals surface area contributed by atoms with Gasteiger partial charge in [0.25, 0.3) is 0 Å². The van der Waals surface area contributed by atoms with E-state index in [0.717, 1.165) is 14.7 Å². The molecular weight excluding hydrogens is 987 g/mol. The zero-order chi connectivity index (χ0) is 52.0. The van der Waals surface area contributed by atoms with Crippen LogP contribution in [0.1, 0.15) is 25.7 Å². The van der Waals surface area contributed by atoms with E-state index in [0.29, 0.717) is 33.0 Å². The first-order valence-corrected chi connectivity index (χ1v) is 26.0. The van der Waals surface area contributed by atoms with Crippen LogP contribution in [-0.4, -0.2) is 196 Å². The molecule has 70 heavy (non-hydrogen) atoms. The number of carbonyl (C=O) groups is 3. The summed E-state index contributed by atoms with van der Waals surface area (Å²) in [5.41, 5.74) is 0.666. The van der Waals surface area contributed by atoms with Gasteiger partial charge >= 0.3 is 28.3 Å². The Morgan fingerprint density at radius 2 is 1.04 bits per heavy atom. The van der Waals surface area contributed by atoms with E-state index in [4.69, 9.17) is 28.6 Å². The summed E-state index contributed by atoms with van der Waals surface area (Å²) < 4.78 is 117. The van der Waals surface area contributed by atoms with Gasteiger partial charge in [-0.25, -0.2) is 29.6 Å². The highest BCUT2D eigenvalue weighted by atomic mass is 32.3. The van der Waals surface area contributed by atoms with Gasteiger partial charge in [0.2, 0.25) is 20.0 Å². The molecule has 0 saturated carbocycles. The Bertz CT molecular complexity index is 2700. The van der Waals surface area contributed by atoms with E-state index in [-0.39, 0.29) is 112 Å². The second-order valence-corrected chi connectivity index (χ2v) is 21.2. The topological polar surface area (TPSA) is 335 Å². The van der Waals surface area contributed by atoms with Gasteiger partial charge in [-0.3, -0.25) is 18.9 Å². The zero-order valence-corrected chi connectivity index (χ0v) is 41.6. The third-order valence-electron chi connectivity index (χ3n) is 10.8. The van der Waals surface area contributed by atoms with Gasteiger partial charge in [0.05, 0.1) is 74.9 Å². The molecule has 0 radical (unpaired) electrons. The number of ether oxygens (including phenoxy) is 4. The number of hydrogen-bond acceptors (Lipinski definition) is 18. The molecule has 0 spiro atoms. The van der Waals surface area contributed by atoms with E-state index in [2.05, 4.69) is 21.4 Å². The number of aliphatic hydroxyl groups excluding tert-OH is 1. The first kappa shape index (κ1) is 57.5. The van der Waals surface area contributed by atoms with Crippen LogP contribution in [-0.2, 0) is 63.2 Å². The molecule has 0 saturated heterocycles. The maximum Gasteiger partial charge on any atom is 0.397 e. The van der Waals surface area contributed by atoms with Crippen LogP contribution in [0.3, 0.4) is 0 Å². The number of benzene rings is 4. The quantitative estimate of drug-likeness (QED) is 0.0150. The van der Waals surface area contributed by atoms with Crippen molar-refractivity contribution in [1.82, 2.24) is 19.2 Å². The molecule has 0 heterocycles. The Kier molecular flexibility index (Phi) is 21.3. The van der Waals surface area contributed by atoms with Gasteiger partial charge in [-0.1, -0.05) is 24.8 Å². The summed E-state index contributed by atoms with van der Waals surface area (Å²) in [6.45, 7) is 3.64. The molecule has 390 valence electrons. The smallest absolute Gasteiger partial charge is 0.397 e. The Labute approximate surface area is 406 Å². The molecule has 24 nitrogen and oxygen atoms in total. The molecule has 0 aliphatic heterocycles. The summed E-state index contributed by atoms with van der Waals surface area (Å²) in [6, 6.07) is 7.16. The number of nitrogens with zero attached hydrogens (tertiary/aromatic N) is 3. The molecular formula is C43H61N5O19S3. The van der Waals surface area contributed by atoms with Crippen LogP contribution in [0.5, 0.6) is 5.75 Å². The van der Waals surface area contributed by atoms with Gasteiger partial charge in [0.15, 0.2) is 0 Å². The number of aliphatic hydroxyl groups is 1. The van der Waals surface area contributed by atoms with E-state index in [9.17, 15) is 55.0 Å². The lowest BCUT2D eigenvalue weighted by molar-refractivity contribution is -0.145. The minimum Gasteiger partial charge on any atom is -0.511 e. The van der Waals surface area contributed by atoms with E-state index in [1.54, 1.807) is 38.4 Å². The highest BCUT2D eigenvalue weighted by Crippen LogP contribution is 2.46. The van der Waals surface area contributed by atoms with Crippen molar-refractivity contribution in [2.75, 3.05) is 112 Å². The van der Waals surface area contributed by atoms with Crippen molar-refractivity contribution in [3.8, 4) is 5.75 Å². The molecule has 0 aliphatic rings. The predicted octanol–water partition coefficient (Wildman–Crippen LogP) is 1.94. The van der Waals surface area contributed by atoms with Crippen LogP contribution in [0.2, 0.25) is 0 Å². The molecule has 4 aromatic rings. The zero-order valence-electron chi connectivity index (χ0n) is 39.2. The number of anilines is 1. The lowest BCUT2D eigenvalue weighted by Crippen LogP contribution is -2.40. The van der Waals surface area contributed by atoms with Crippen LogP contribution >= 0.6 is 0 Å². The summed E-state index contributed by atoms with van der Waals surface area (Å²) in [5, 5.41) is 45.5. The molecule has 0 aliphatic carbocycles. The van der Waals surface area contributed by atoms with Crippen LogP contribution < -0.4 is 20.3 Å². The third-order valence-corrected chi connectivity index (χ3v) is 15.1. The number of carboxylic acid groups (broad SMARTS) is 3. The Morgan fingerprint density at radius 3 is 1.50 bits per heavy atom. The van der Waals surface area contributed by atoms with Crippen LogP contribution in [0.4, 0.5) is 5.69 Å². The molecule has 0 amide bonds. The summed E-state index contributed by atoms with van der Waals surface area (Å²) in [4.78, 5) is 35.2. The molecule has 0 bridgehead atoms. The first-order valence-electron chi connectivity index (χ1n) is 21.8. The van der Waals surface area contributed by atoms with Crippen molar-refractivity contribution in [2.45, 2.75) is 47.6 Å².